The third kappa shape index (κ3) is 5.50. The van der Waals surface area contributed by atoms with Crippen LogP contribution in [0.2, 0.25) is 5.02 Å². The molecule has 4 nitrogen and oxygen atoms in total. The van der Waals surface area contributed by atoms with Crippen LogP contribution in [0.15, 0.2) is 77.9 Å². The average molecular weight is 381 g/mol. The van der Waals surface area contributed by atoms with E-state index in [-0.39, 0.29) is 0 Å². The molecular formula is C22H21ClN2O2. The predicted octanol–water partition coefficient (Wildman–Crippen LogP) is 5.05. The molecule has 138 valence electrons. The van der Waals surface area contributed by atoms with Gasteiger partial charge in [0.15, 0.2) is 0 Å². The van der Waals surface area contributed by atoms with E-state index in [9.17, 15) is 0 Å². The number of rotatable bonds is 8. The van der Waals surface area contributed by atoms with Crippen molar-refractivity contribution in [2.24, 2.45) is 5.10 Å². The second-order valence-corrected chi connectivity index (χ2v) is 6.26. The normalized spacial score (nSPS) is 10.7. The molecule has 3 rings (SSSR count). The van der Waals surface area contributed by atoms with Gasteiger partial charge in [0, 0.05) is 16.1 Å². The Morgan fingerprint density at radius 2 is 1.74 bits per heavy atom. The molecule has 0 spiro atoms. The maximum absolute atomic E-state index is 6.16. The minimum absolute atomic E-state index is 0.423. The average Bonchev–Trinajstić information content (AvgIpc) is 2.71. The van der Waals surface area contributed by atoms with Crippen molar-refractivity contribution in [3.63, 3.8) is 0 Å². The summed E-state index contributed by atoms with van der Waals surface area (Å²) < 4.78 is 11.2. The molecule has 0 saturated heterocycles. The first-order valence-corrected chi connectivity index (χ1v) is 8.98. The summed E-state index contributed by atoms with van der Waals surface area (Å²) in [6.07, 6.45) is 1.76. The molecule has 0 radical (unpaired) electrons. The number of hydrazone groups is 1. The van der Waals surface area contributed by atoms with Gasteiger partial charge in [0.05, 0.1) is 19.9 Å². The van der Waals surface area contributed by atoms with Crippen LogP contribution in [0.25, 0.3) is 0 Å². The lowest BCUT2D eigenvalue weighted by Gasteiger charge is -2.08. The van der Waals surface area contributed by atoms with Gasteiger partial charge in [-0.25, -0.2) is 0 Å². The zero-order valence-electron chi connectivity index (χ0n) is 15.1. The summed E-state index contributed by atoms with van der Waals surface area (Å²) in [5.41, 5.74) is 5.99. The zero-order valence-corrected chi connectivity index (χ0v) is 15.8. The van der Waals surface area contributed by atoms with Gasteiger partial charge in [-0.2, -0.15) is 5.10 Å². The molecule has 0 atom stereocenters. The molecule has 0 aliphatic rings. The van der Waals surface area contributed by atoms with Crippen molar-refractivity contribution in [3.05, 3.63) is 94.5 Å². The number of nitrogens with one attached hydrogen (secondary N) is 1. The number of methoxy groups -OCH3 is 1. The molecular weight excluding hydrogens is 360 g/mol. The standard InChI is InChI=1S/C22H21ClN2O2/c1-26-22-12-5-3-8-18(22)15-25-24-14-17-7-6-10-20(13-17)27-16-19-9-2-4-11-21(19)23/h2-14,25H,15-16H2,1H3/b24-14+. The Labute approximate surface area is 164 Å². The van der Waals surface area contributed by atoms with Crippen LogP contribution in [0.1, 0.15) is 16.7 Å². The van der Waals surface area contributed by atoms with Crippen LogP contribution >= 0.6 is 11.6 Å². The van der Waals surface area contributed by atoms with Crippen molar-refractivity contribution < 1.29 is 9.47 Å². The maximum Gasteiger partial charge on any atom is 0.123 e. The van der Waals surface area contributed by atoms with Crippen LogP contribution in [-0.4, -0.2) is 13.3 Å². The number of hydrogen-bond acceptors (Lipinski definition) is 4. The summed E-state index contributed by atoms with van der Waals surface area (Å²) in [6.45, 7) is 1.01. The number of halogens is 1. The summed E-state index contributed by atoms with van der Waals surface area (Å²) in [7, 11) is 1.66. The van der Waals surface area contributed by atoms with Crippen molar-refractivity contribution in [2.45, 2.75) is 13.2 Å². The van der Waals surface area contributed by atoms with Crippen molar-refractivity contribution in [2.75, 3.05) is 7.11 Å². The summed E-state index contributed by atoms with van der Waals surface area (Å²) in [6, 6.07) is 23.3. The molecule has 0 unspecified atom stereocenters. The monoisotopic (exact) mass is 380 g/mol. The topological polar surface area (TPSA) is 42.8 Å². The molecule has 3 aromatic rings. The summed E-state index contributed by atoms with van der Waals surface area (Å²) in [4.78, 5) is 0. The quantitative estimate of drug-likeness (QED) is 0.439. The number of benzene rings is 3. The van der Waals surface area contributed by atoms with Crippen molar-refractivity contribution in [1.29, 1.82) is 0 Å². The van der Waals surface area contributed by atoms with Crippen LogP contribution in [-0.2, 0) is 13.2 Å². The first-order chi connectivity index (χ1) is 13.3. The fourth-order valence-corrected chi connectivity index (χ4v) is 2.75. The fraction of sp³-hybridized carbons (Fsp3) is 0.136. The van der Waals surface area contributed by atoms with Crippen LogP contribution in [0.4, 0.5) is 0 Å². The Bertz CT molecular complexity index is 912. The molecule has 0 saturated carbocycles. The van der Waals surface area contributed by atoms with Gasteiger partial charge < -0.3 is 14.9 Å². The zero-order chi connectivity index (χ0) is 18.9. The lowest BCUT2D eigenvalue weighted by molar-refractivity contribution is 0.306. The highest BCUT2D eigenvalue weighted by Crippen LogP contribution is 2.19. The molecule has 0 amide bonds. The molecule has 0 fully saturated rings. The van der Waals surface area contributed by atoms with Gasteiger partial charge in [-0.15, -0.1) is 0 Å². The van der Waals surface area contributed by atoms with Crippen LogP contribution < -0.4 is 14.9 Å². The molecule has 27 heavy (non-hydrogen) atoms. The highest BCUT2D eigenvalue weighted by molar-refractivity contribution is 6.31. The second-order valence-electron chi connectivity index (χ2n) is 5.86. The smallest absolute Gasteiger partial charge is 0.123 e. The molecule has 0 aliphatic carbocycles. The van der Waals surface area contributed by atoms with Crippen molar-refractivity contribution in [1.82, 2.24) is 5.43 Å². The largest absolute Gasteiger partial charge is 0.496 e. The number of nitrogens with zero attached hydrogens (tertiary/aromatic N) is 1. The van der Waals surface area contributed by atoms with Gasteiger partial charge in [-0.3, -0.25) is 0 Å². The van der Waals surface area contributed by atoms with Gasteiger partial charge >= 0.3 is 0 Å². The Morgan fingerprint density at radius 1 is 0.963 bits per heavy atom. The lowest BCUT2D eigenvalue weighted by atomic mass is 10.2. The van der Waals surface area contributed by atoms with Crippen molar-refractivity contribution >= 4 is 17.8 Å². The van der Waals surface area contributed by atoms with E-state index in [0.29, 0.717) is 18.2 Å². The van der Waals surface area contributed by atoms with Gasteiger partial charge in [0.2, 0.25) is 0 Å². The Balaban J connectivity index is 1.55. The molecule has 5 heteroatoms. The van der Waals surface area contributed by atoms with Crippen molar-refractivity contribution in [3.8, 4) is 11.5 Å². The Hall–Kier alpha value is -2.98. The SMILES string of the molecule is COc1ccccc1CN/N=C/c1cccc(OCc2ccccc2Cl)c1. The summed E-state index contributed by atoms with van der Waals surface area (Å²) in [5, 5.41) is 4.98. The number of hydrogen-bond donors (Lipinski definition) is 1. The summed E-state index contributed by atoms with van der Waals surface area (Å²) in [5.74, 6) is 1.61. The second kappa shape index (κ2) is 9.64. The minimum Gasteiger partial charge on any atom is -0.496 e. The number of ether oxygens (including phenoxy) is 2. The third-order valence-corrected chi connectivity index (χ3v) is 4.35. The Kier molecular flexibility index (Phi) is 6.72. The van der Waals surface area contributed by atoms with E-state index in [2.05, 4.69) is 10.5 Å². The van der Waals surface area contributed by atoms with E-state index >= 15 is 0 Å². The molecule has 0 heterocycles. The van der Waals surface area contributed by atoms with E-state index in [1.54, 1.807) is 13.3 Å². The highest BCUT2D eigenvalue weighted by atomic mass is 35.5. The van der Waals surface area contributed by atoms with Crippen LogP contribution in [0, 0.1) is 0 Å². The molecule has 0 aliphatic heterocycles. The number of para-hydroxylation sites is 1. The van der Waals surface area contributed by atoms with E-state index in [4.69, 9.17) is 21.1 Å². The molecule has 1 N–H and O–H groups in total. The van der Waals surface area contributed by atoms with Crippen LogP contribution in [0.5, 0.6) is 11.5 Å². The van der Waals surface area contributed by atoms with Gasteiger partial charge in [-0.05, 0) is 29.8 Å². The maximum atomic E-state index is 6.16. The first kappa shape index (κ1) is 18.8. The Morgan fingerprint density at radius 3 is 2.56 bits per heavy atom. The van der Waals surface area contributed by atoms with Crippen LogP contribution in [0.3, 0.4) is 0 Å². The van der Waals surface area contributed by atoms with Gasteiger partial charge in [0.1, 0.15) is 18.1 Å². The minimum atomic E-state index is 0.423. The third-order valence-electron chi connectivity index (χ3n) is 3.98. The molecule has 0 aromatic heterocycles. The van der Waals surface area contributed by atoms with Gasteiger partial charge in [0.25, 0.3) is 0 Å². The predicted molar refractivity (Wildman–Crippen MR) is 110 cm³/mol. The lowest BCUT2D eigenvalue weighted by Crippen LogP contribution is -2.06. The first-order valence-electron chi connectivity index (χ1n) is 8.60. The molecule has 3 aromatic carbocycles. The van der Waals surface area contributed by atoms with E-state index in [1.807, 2.05) is 72.8 Å². The van der Waals surface area contributed by atoms with Gasteiger partial charge in [-0.1, -0.05) is 60.1 Å². The van der Waals surface area contributed by atoms with E-state index in [1.165, 1.54) is 0 Å². The molecule has 0 bridgehead atoms. The highest BCUT2D eigenvalue weighted by Gasteiger charge is 2.02. The van der Waals surface area contributed by atoms with E-state index in [0.717, 1.165) is 28.2 Å². The fourth-order valence-electron chi connectivity index (χ4n) is 2.56. The summed E-state index contributed by atoms with van der Waals surface area (Å²) >= 11 is 6.16. The van der Waals surface area contributed by atoms with E-state index < -0.39 is 0 Å².